The Kier molecular flexibility index (Phi) is 4.80. The first-order valence-corrected chi connectivity index (χ1v) is 5.84. The molecule has 3 nitrogen and oxygen atoms in total. The first-order valence-electron chi connectivity index (χ1n) is 5.03. The van der Waals surface area contributed by atoms with Crippen LogP contribution < -0.4 is 0 Å². The molecule has 1 aromatic heterocycles. The van der Waals surface area contributed by atoms with Crippen molar-refractivity contribution in [1.82, 2.24) is 0 Å². The average Bonchev–Trinajstić information content (AvgIpc) is 2.78. The lowest BCUT2D eigenvalue weighted by Gasteiger charge is -1.99. The van der Waals surface area contributed by atoms with Crippen LogP contribution in [-0.2, 0) is 4.79 Å². The van der Waals surface area contributed by atoms with Gasteiger partial charge >= 0.3 is 0 Å². The SMILES string of the molecule is C=O.[C-]#[N+]c1sc(C)c(C#N)c1-c1ccccc1. The van der Waals surface area contributed by atoms with Crippen LogP contribution in [0.15, 0.2) is 30.3 Å². The van der Waals surface area contributed by atoms with Crippen LogP contribution in [0.25, 0.3) is 16.0 Å². The minimum atomic E-state index is 0.597. The first kappa shape index (κ1) is 13.6. The Balaban J connectivity index is 0.000000771. The van der Waals surface area contributed by atoms with E-state index in [1.54, 1.807) is 0 Å². The van der Waals surface area contributed by atoms with Gasteiger partial charge in [-0.15, -0.1) is 0 Å². The van der Waals surface area contributed by atoms with Crippen LogP contribution in [0.1, 0.15) is 10.4 Å². The number of nitrogens with zero attached hydrogens (tertiary/aromatic N) is 2. The van der Waals surface area contributed by atoms with E-state index >= 15 is 0 Å². The topological polar surface area (TPSA) is 45.2 Å². The van der Waals surface area contributed by atoms with Crippen LogP contribution in [0, 0.1) is 24.8 Å². The number of thiophene rings is 1. The summed E-state index contributed by atoms with van der Waals surface area (Å²) >= 11 is 1.38. The predicted molar refractivity (Wildman–Crippen MR) is 72.6 cm³/mol. The molecular weight excluding hydrogens is 244 g/mol. The van der Waals surface area contributed by atoms with Gasteiger partial charge in [0.25, 0.3) is 0 Å². The molecule has 1 aromatic carbocycles. The number of carbonyl (C=O) groups is 1. The van der Waals surface area contributed by atoms with Crippen LogP contribution in [0.2, 0.25) is 0 Å². The van der Waals surface area contributed by atoms with Gasteiger partial charge in [-0.2, -0.15) is 16.6 Å². The Hall–Kier alpha value is -2.43. The van der Waals surface area contributed by atoms with Crippen LogP contribution in [0.3, 0.4) is 0 Å². The molecule has 0 aliphatic carbocycles. The van der Waals surface area contributed by atoms with E-state index in [2.05, 4.69) is 10.9 Å². The number of rotatable bonds is 1. The molecule has 4 heteroatoms. The minimum Gasteiger partial charge on any atom is -0.307 e. The highest BCUT2D eigenvalue weighted by molar-refractivity contribution is 7.17. The summed E-state index contributed by atoms with van der Waals surface area (Å²) in [7, 11) is 0. The van der Waals surface area contributed by atoms with E-state index in [4.69, 9.17) is 16.6 Å². The van der Waals surface area contributed by atoms with Gasteiger partial charge < -0.3 is 4.79 Å². The summed E-state index contributed by atoms with van der Waals surface area (Å²) in [6.45, 7) is 11.0. The normalized spacial score (nSPS) is 8.61. The lowest BCUT2D eigenvalue weighted by atomic mass is 10.0. The van der Waals surface area contributed by atoms with Crippen LogP contribution in [0.5, 0.6) is 0 Å². The Morgan fingerprint density at radius 1 is 1.33 bits per heavy atom. The summed E-state index contributed by atoms with van der Waals surface area (Å²) < 4.78 is 0. The van der Waals surface area contributed by atoms with Crippen molar-refractivity contribution in [3.63, 3.8) is 0 Å². The molecule has 0 N–H and O–H groups in total. The number of carbonyl (C=O) groups excluding carboxylic acids is 1. The molecule has 18 heavy (non-hydrogen) atoms. The standard InChI is InChI=1S/C13H8N2S.CH2O/c1-9-11(8-14)12(13(15-2)16-9)10-6-4-3-5-7-10;1-2/h3-7H,1H3;1H2. The molecule has 2 aromatic rings. The molecule has 0 aliphatic rings. The highest BCUT2D eigenvalue weighted by Crippen LogP contribution is 2.41. The summed E-state index contributed by atoms with van der Waals surface area (Å²) in [5, 5.41) is 9.72. The zero-order valence-electron chi connectivity index (χ0n) is 9.80. The Labute approximate surface area is 110 Å². The van der Waals surface area contributed by atoms with Gasteiger partial charge in [0.05, 0.1) is 18.2 Å². The van der Waals surface area contributed by atoms with E-state index in [-0.39, 0.29) is 0 Å². The lowest BCUT2D eigenvalue weighted by Crippen LogP contribution is -1.79. The van der Waals surface area contributed by atoms with E-state index in [0.29, 0.717) is 10.6 Å². The fraction of sp³-hybridized carbons (Fsp3) is 0.0714. The lowest BCUT2D eigenvalue weighted by molar-refractivity contribution is -0.0979. The second kappa shape index (κ2) is 6.34. The largest absolute Gasteiger partial charge is 0.307 e. The van der Waals surface area contributed by atoms with Crippen molar-refractivity contribution in [1.29, 1.82) is 5.26 Å². The smallest absolute Gasteiger partial charge is 0.250 e. The summed E-state index contributed by atoms with van der Waals surface area (Å²) in [6, 6.07) is 11.8. The monoisotopic (exact) mass is 254 g/mol. The highest BCUT2D eigenvalue weighted by atomic mass is 32.1. The molecule has 1 heterocycles. The average molecular weight is 254 g/mol. The summed E-state index contributed by atoms with van der Waals surface area (Å²) in [5.74, 6) is 0. The van der Waals surface area contributed by atoms with E-state index in [0.717, 1.165) is 16.0 Å². The maximum Gasteiger partial charge on any atom is 0.250 e. The molecule has 0 unspecified atom stereocenters. The zero-order chi connectivity index (χ0) is 13.5. The third-order valence-corrected chi connectivity index (χ3v) is 3.34. The van der Waals surface area contributed by atoms with Gasteiger partial charge in [-0.05, 0) is 12.5 Å². The van der Waals surface area contributed by atoms with E-state index in [1.165, 1.54) is 11.3 Å². The molecule has 0 bridgehead atoms. The van der Waals surface area contributed by atoms with Gasteiger partial charge in [-0.3, -0.25) is 0 Å². The molecule has 2 rings (SSSR count). The fourth-order valence-electron chi connectivity index (χ4n) is 1.62. The van der Waals surface area contributed by atoms with Crippen molar-refractivity contribution in [2.24, 2.45) is 0 Å². The quantitative estimate of drug-likeness (QED) is 0.723. The first-order chi connectivity index (χ1) is 8.77. The Morgan fingerprint density at radius 2 is 1.94 bits per heavy atom. The molecule has 0 atom stereocenters. The second-order valence-corrected chi connectivity index (χ2v) is 4.51. The molecule has 0 fully saturated rings. The molecule has 0 saturated heterocycles. The van der Waals surface area contributed by atoms with Crippen LogP contribution >= 0.6 is 11.3 Å². The van der Waals surface area contributed by atoms with Gasteiger partial charge in [-0.1, -0.05) is 30.3 Å². The number of hydrogen-bond acceptors (Lipinski definition) is 3. The van der Waals surface area contributed by atoms with Gasteiger partial charge in [0, 0.05) is 10.4 Å². The third kappa shape index (κ3) is 2.45. The molecular formula is C14H10N2OS. The number of hydrogen-bond donors (Lipinski definition) is 0. The fourth-order valence-corrected chi connectivity index (χ4v) is 2.52. The van der Waals surface area contributed by atoms with Crippen molar-refractivity contribution in [2.45, 2.75) is 6.92 Å². The number of benzene rings is 1. The van der Waals surface area contributed by atoms with Crippen molar-refractivity contribution in [3.05, 3.63) is 52.2 Å². The van der Waals surface area contributed by atoms with E-state index in [1.807, 2.05) is 44.0 Å². The summed E-state index contributed by atoms with van der Waals surface area (Å²) in [5.41, 5.74) is 2.34. The maximum absolute atomic E-state index is 9.12. The van der Waals surface area contributed by atoms with Crippen molar-refractivity contribution in [2.75, 3.05) is 0 Å². The Morgan fingerprint density at radius 3 is 2.44 bits per heavy atom. The van der Waals surface area contributed by atoms with Gasteiger partial charge in [0.1, 0.15) is 6.79 Å². The minimum absolute atomic E-state index is 0.597. The molecule has 0 spiro atoms. The van der Waals surface area contributed by atoms with Crippen molar-refractivity contribution >= 4 is 23.1 Å². The van der Waals surface area contributed by atoms with Gasteiger partial charge in [-0.25, -0.2) is 4.85 Å². The van der Waals surface area contributed by atoms with Gasteiger partial charge in [0.2, 0.25) is 5.00 Å². The van der Waals surface area contributed by atoms with E-state index < -0.39 is 0 Å². The van der Waals surface area contributed by atoms with E-state index in [9.17, 15) is 0 Å². The summed E-state index contributed by atoms with van der Waals surface area (Å²) in [4.78, 5) is 12.4. The second-order valence-electron chi connectivity index (χ2n) is 3.30. The number of nitriles is 1. The highest BCUT2D eigenvalue weighted by Gasteiger charge is 2.16. The molecule has 88 valence electrons. The van der Waals surface area contributed by atoms with Crippen LogP contribution in [0.4, 0.5) is 5.00 Å². The molecule has 0 radical (unpaired) electrons. The third-order valence-electron chi connectivity index (χ3n) is 2.34. The number of aryl methyl sites for hydroxylation is 1. The predicted octanol–water partition coefficient (Wildman–Crippen LogP) is 3.96. The Bertz CT molecular complexity index is 618. The zero-order valence-corrected chi connectivity index (χ0v) is 10.6. The maximum atomic E-state index is 9.12. The molecule has 0 amide bonds. The van der Waals surface area contributed by atoms with Crippen molar-refractivity contribution in [3.8, 4) is 17.2 Å². The molecule has 0 aliphatic heterocycles. The molecule has 0 saturated carbocycles. The van der Waals surface area contributed by atoms with Crippen LogP contribution in [-0.4, -0.2) is 6.79 Å². The van der Waals surface area contributed by atoms with Gasteiger partial charge in [0.15, 0.2) is 0 Å². The summed E-state index contributed by atoms with van der Waals surface area (Å²) in [6.07, 6.45) is 0. The van der Waals surface area contributed by atoms with Crippen molar-refractivity contribution < 1.29 is 4.79 Å².